The molecular formula is C3H5BrHgO2. The van der Waals surface area contributed by atoms with Gasteiger partial charge in [-0.3, -0.25) is 0 Å². The van der Waals surface area contributed by atoms with Crippen LogP contribution in [0.3, 0.4) is 0 Å². The number of carbonyl (C=O) groups is 1. The Labute approximate surface area is 60.3 Å². The minimum absolute atomic E-state index is 0.0708. The fourth-order valence-electron chi connectivity index (χ4n) is 0.179. The van der Waals surface area contributed by atoms with Crippen molar-refractivity contribution in [2.75, 3.05) is 7.11 Å². The molecule has 0 radical (unpaired) electrons. The van der Waals surface area contributed by atoms with Crippen LogP contribution in [-0.2, 0) is 31.7 Å². The van der Waals surface area contributed by atoms with Gasteiger partial charge < -0.3 is 0 Å². The number of methoxy groups -OCH3 is 1. The van der Waals surface area contributed by atoms with E-state index in [1.807, 2.05) is 0 Å². The maximum absolute atomic E-state index is 10.2. The first-order valence-corrected chi connectivity index (χ1v) is 17.7. The predicted octanol–water partition coefficient (Wildman–Crippen LogP) is 0.970. The summed E-state index contributed by atoms with van der Waals surface area (Å²) in [5.41, 5.74) is 0. The average Bonchev–Trinajstić information content (AvgIpc) is 1.68. The Morgan fingerprint density at radius 1 is 2.00 bits per heavy atom. The van der Waals surface area contributed by atoms with Crippen molar-refractivity contribution in [3.63, 3.8) is 0 Å². The van der Waals surface area contributed by atoms with Crippen LogP contribution in [0.15, 0.2) is 0 Å². The van der Waals surface area contributed by atoms with Crippen LogP contribution in [0.25, 0.3) is 0 Å². The van der Waals surface area contributed by atoms with Crippen LogP contribution in [0.1, 0.15) is 0 Å². The van der Waals surface area contributed by atoms with Crippen molar-refractivity contribution in [3.8, 4) is 0 Å². The summed E-state index contributed by atoms with van der Waals surface area (Å²) >= 11 is 2.41. The Morgan fingerprint density at radius 3 is 2.71 bits per heavy atom. The van der Waals surface area contributed by atoms with E-state index in [1.165, 1.54) is 7.11 Å². The van der Waals surface area contributed by atoms with Crippen molar-refractivity contribution in [2.45, 2.75) is 3.93 Å². The molecule has 4 heteroatoms. The quantitative estimate of drug-likeness (QED) is 0.546. The van der Waals surface area contributed by atoms with Crippen LogP contribution in [0.4, 0.5) is 0 Å². The predicted molar refractivity (Wildman–Crippen MR) is 25.7 cm³/mol. The summed E-state index contributed by atoms with van der Waals surface area (Å²) in [4.78, 5) is 10.2. The summed E-state index contributed by atoms with van der Waals surface area (Å²) in [6.07, 6.45) is 0. The minimum atomic E-state index is -0.899. The van der Waals surface area contributed by atoms with Crippen molar-refractivity contribution >= 4 is 17.9 Å². The Kier molecular flexibility index (Phi) is 5.67. The molecule has 0 spiro atoms. The van der Waals surface area contributed by atoms with Crippen molar-refractivity contribution in [1.29, 1.82) is 0 Å². The number of carbonyl (C=O) groups excluding carboxylic acids is 1. The fourth-order valence-corrected chi connectivity index (χ4v) is 4.41. The summed E-state index contributed by atoms with van der Waals surface area (Å²) in [5.74, 6) is -0.0708. The Bertz CT molecular complexity index is 66.0. The molecule has 0 aromatic heterocycles. The van der Waals surface area contributed by atoms with Gasteiger partial charge in [-0.1, -0.05) is 0 Å². The third-order valence-electron chi connectivity index (χ3n) is 0.526. The maximum atomic E-state index is 10.2. The van der Waals surface area contributed by atoms with Crippen molar-refractivity contribution in [2.24, 2.45) is 0 Å². The standard InChI is InChI=1S/C3H5O2.BrH.Hg/c1-3(4)5-2;;/h1H2,2H3;1H;/q;;+1/p-1. The molecule has 0 bridgehead atoms. The molecule has 0 atom stereocenters. The zero-order chi connectivity index (χ0) is 5.70. The van der Waals surface area contributed by atoms with Gasteiger partial charge in [-0.15, -0.1) is 0 Å². The van der Waals surface area contributed by atoms with Gasteiger partial charge in [0.2, 0.25) is 0 Å². The fraction of sp³-hybridized carbons (Fsp3) is 0.667. The Hall–Kier alpha value is 0.885. The molecule has 0 saturated heterocycles. The van der Waals surface area contributed by atoms with Crippen LogP contribution < -0.4 is 0 Å². The number of hydrogen-bond donors (Lipinski definition) is 0. The van der Waals surface area contributed by atoms with E-state index in [1.54, 1.807) is 0 Å². The van der Waals surface area contributed by atoms with Gasteiger partial charge in [-0.2, -0.15) is 0 Å². The zero-order valence-electron chi connectivity index (χ0n) is 4.11. The Balaban J connectivity index is 3.00. The molecule has 2 nitrogen and oxygen atoms in total. The van der Waals surface area contributed by atoms with Crippen LogP contribution in [-0.4, -0.2) is 13.1 Å². The summed E-state index contributed by atoms with van der Waals surface area (Å²) < 4.78 is 5.05. The average molecular weight is 354 g/mol. The van der Waals surface area contributed by atoms with Crippen molar-refractivity contribution in [3.05, 3.63) is 0 Å². The molecule has 0 N–H and O–H groups in total. The monoisotopic (exact) mass is 354 g/mol. The molecule has 0 saturated carbocycles. The van der Waals surface area contributed by atoms with Gasteiger partial charge in [0.05, 0.1) is 0 Å². The van der Waals surface area contributed by atoms with Gasteiger partial charge in [-0.25, -0.2) is 0 Å². The van der Waals surface area contributed by atoms with Crippen LogP contribution in [0.2, 0.25) is 3.93 Å². The number of rotatable bonds is 2. The molecule has 0 amide bonds. The molecule has 0 aromatic rings. The van der Waals surface area contributed by atoms with E-state index in [9.17, 15) is 4.79 Å². The second kappa shape index (κ2) is 5.03. The van der Waals surface area contributed by atoms with Gasteiger partial charge in [0.25, 0.3) is 0 Å². The summed E-state index contributed by atoms with van der Waals surface area (Å²) in [7, 11) is 1.42. The van der Waals surface area contributed by atoms with Gasteiger partial charge in [0.1, 0.15) is 0 Å². The Morgan fingerprint density at radius 2 is 2.57 bits per heavy atom. The van der Waals surface area contributed by atoms with Gasteiger partial charge in [-0.05, 0) is 0 Å². The molecule has 0 rings (SSSR count). The molecule has 0 aliphatic rings. The second-order valence-corrected chi connectivity index (χ2v) is 11.4. The van der Waals surface area contributed by atoms with Gasteiger partial charge >= 0.3 is 60.6 Å². The summed E-state index contributed by atoms with van der Waals surface area (Å²) in [5, 5.41) is 0. The molecule has 0 aliphatic heterocycles. The number of esters is 1. The molecule has 0 unspecified atom stereocenters. The third kappa shape index (κ3) is 4.74. The zero-order valence-corrected chi connectivity index (χ0v) is 11.2. The first-order valence-electron chi connectivity index (χ1n) is 1.94. The molecular weight excluding hydrogens is 349 g/mol. The SMILES string of the molecule is COC(=O)[CH2][Hg][Br]. The van der Waals surface area contributed by atoms with Crippen LogP contribution >= 0.6 is 11.9 Å². The summed E-state index contributed by atoms with van der Waals surface area (Å²) in [6, 6.07) is 0. The molecule has 7 heavy (non-hydrogen) atoms. The van der Waals surface area contributed by atoms with Gasteiger partial charge in [0.15, 0.2) is 0 Å². The second-order valence-electron chi connectivity index (χ2n) is 1.02. The van der Waals surface area contributed by atoms with Gasteiger partial charge in [0, 0.05) is 0 Å². The third-order valence-corrected chi connectivity index (χ3v) is 6.33. The van der Waals surface area contributed by atoms with Crippen molar-refractivity contribution in [1.82, 2.24) is 0 Å². The van der Waals surface area contributed by atoms with Crippen molar-refractivity contribution < 1.29 is 31.7 Å². The topological polar surface area (TPSA) is 26.3 Å². The first kappa shape index (κ1) is 7.89. The first-order chi connectivity index (χ1) is 3.31. The number of ether oxygens (including phenoxy) is 1. The van der Waals surface area contributed by atoms with E-state index in [2.05, 4.69) is 16.6 Å². The molecule has 38 valence electrons. The number of hydrogen-bond acceptors (Lipinski definition) is 2. The molecule has 0 fully saturated rings. The van der Waals surface area contributed by atoms with Crippen LogP contribution in [0, 0.1) is 0 Å². The normalized spacial score (nSPS) is 7.14. The van der Waals surface area contributed by atoms with E-state index in [0.29, 0.717) is 3.93 Å². The summed E-state index contributed by atoms with van der Waals surface area (Å²) in [6.45, 7) is 0. The van der Waals surface area contributed by atoms with E-state index < -0.39 is 22.1 Å². The van der Waals surface area contributed by atoms with Crippen LogP contribution in [0.5, 0.6) is 0 Å². The molecule has 0 aromatic carbocycles. The van der Waals surface area contributed by atoms with E-state index in [0.717, 1.165) is 0 Å². The molecule has 0 aliphatic carbocycles. The van der Waals surface area contributed by atoms with E-state index in [-0.39, 0.29) is 5.97 Å². The molecule has 0 heterocycles. The van der Waals surface area contributed by atoms with E-state index >= 15 is 0 Å². The number of halogens is 1. The van der Waals surface area contributed by atoms with E-state index in [4.69, 9.17) is 0 Å².